The van der Waals surface area contributed by atoms with Crippen LogP contribution in [0.1, 0.15) is 20.8 Å². The Morgan fingerprint density at radius 3 is 2.35 bits per heavy atom. The number of aliphatic carboxylic acids is 1. The van der Waals surface area contributed by atoms with Gasteiger partial charge in [-0.2, -0.15) is 0 Å². The molecule has 20 heavy (non-hydrogen) atoms. The average Bonchev–Trinajstić information content (AvgIpc) is 2.35. The first-order chi connectivity index (χ1) is 9.21. The lowest BCUT2D eigenvalue weighted by Gasteiger charge is -2.28. The minimum Gasteiger partial charge on any atom is -0.480 e. The van der Waals surface area contributed by atoms with Gasteiger partial charge < -0.3 is 15.3 Å². The molecule has 1 aromatic rings. The molecule has 0 aliphatic heterocycles. The van der Waals surface area contributed by atoms with E-state index >= 15 is 0 Å². The van der Waals surface area contributed by atoms with Crippen LogP contribution in [0, 0.1) is 5.41 Å². The Labute approximate surface area is 118 Å². The SMILES string of the molecule is CN(CC(=O)N[C@H](C(=O)O)C(C)(C)C)c1ncccn1. The number of carbonyl (C=O) groups is 2. The van der Waals surface area contributed by atoms with Crippen LogP contribution in [0.5, 0.6) is 0 Å². The predicted octanol–water partition coefficient (Wildman–Crippen LogP) is 0.528. The first-order valence-electron chi connectivity index (χ1n) is 6.22. The summed E-state index contributed by atoms with van der Waals surface area (Å²) in [6.45, 7) is 5.27. The highest BCUT2D eigenvalue weighted by Gasteiger charge is 2.32. The van der Waals surface area contributed by atoms with E-state index in [9.17, 15) is 9.59 Å². The Kier molecular flexibility index (Phi) is 5.01. The third-order valence-corrected chi connectivity index (χ3v) is 2.69. The van der Waals surface area contributed by atoms with E-state index < -0.39 is 17.4 Å². The summed E-state index contributed by atoms with van der Waals surface area (Å²) in [5.41, 5.74) is -0.566. The standard InChI is InChI=1S/C13H20N4O3/c1-13(2,3)10(11(19)20)16-9(18)8-17(4)12-14-6-5-7-15-12/h5-7,10H,8H2,1-4H3,(H,16,18)(H,19,20)/t10-/m1/s1. The van der Waals surface area contributed by atoms with Gasteiger partial charge >= 0.3 is 5.97 Å². The van der Waals surface area contributed by atoms with Crippen LogP contribution in [-0.4, -0.2) is 46.6 Å². The zero-order valence-corrected chi connectivity index (χ0v) is 12.1. The average molecular weight is 280 g/mol. The number of carboxylic acid groups (broad SMARTS) is 1. The molecular weight excluding hydrogens is 260 g/mol. The van der Waals surface area contributed by atoms with Crippen molar-refractivity contribution in [3.8, 4) is 0 Å². The number of carboxylic acids is 1. The second-order valence-corrected chi connectivity index (χ2v) is 5.61. The van der Waals surface area contributed by atoms with Crippen LogP contribution in [0.4, 0.5) is 5.95 Å². The van der Waals surface area contributed by atoms with E-state index in [1.54, 1.807) is 51.2 Å². The Morgan fingerprint density at radius 2 is 1.90 bits per heavy atom. The first kappa shape index (κ1) is 15.9. The number of amides is 1. The molecule has 1 rings (SSSR count). The summed E-state index contributed by atoms with van der Waals surface area (Å²) < 4.78 is 0. The zero-order chi connectivity index (χ0) is 15.3. The number of anilines is 1. The number of nitrogens with one attached hydrogen (secondary N) is 1. The first-order valence-corrected chi connectivity index (χ1v) is 6.22. The van der Waals surface area contributed by atoms with E-state index in [1.807, 2.05) is 0 Å². The normalized spacial score (nSPS) is 12.6. The van der Waals surface area contributed by atoms with Gasteiger partial charge in [-0.15, -0.1) is 0 Å². The van der Waals surface area contributed by atoms with Gasteiger partial charge in [0.15, 0.2) is 0 Å². The van der Waals surface area contributed by atoms with E-state index in [2.05, 4.69) is 15.3 Å². The molecule has 0 spiro atoms. The van der Waals surface area contributed by atoms with Gasteiger partial charge in [-0.1, -0.05) is 20.8 Å². The van der Waals surface area contributed by atoms with Crippen molar-refractivity contribution in [1.29, 1.82) is 0 Å². The number of rotatable bonds is 5. The predicted molar refractivity (Wildman–Crippen MR) is 74.3 cm³/mol. The van der Waals surface area contributed by atoms with Crippen LogP contribution in [0.25, 0.3) is 0 Å². The molecule has 2 N–H and O–H groups in total. The Balaban J connectivity index is 2.65. The largest absolute Gasteiger partial charge is 0.480 e. The summed E-state index contributed by atoms with van der Waals surface area (Å²) in [4.78, 5) is 32.7. The summed E-state index contributed by atoms with van der Waals surface area (Å²) in [5.74, 6) is -1.03. The molecule has 0 fully saturated rings. The van der Waals surface area contributed by atoms with E-state index in [-0.39, 0.29) is 12.5 Å². The van der Waals surface area contributed by atoms with Crippen LogP contribution in [0.15, 0.2) is 18.5 Å². The van der Waals surface area contributed by atoms with Crippen molar-refractivity contribution in [2.75, 3.05) is 18.5 Å². The van der Waals surface area contributed by atoms with Crippen LogP contribution < -0.4 is 10.2 Å². The fraction of sp³-hybridized carbons (Fsp3) is 0.538. The van der Waals surface area contributed by atoms with Gasteiger partial charge in [0, 0.05) is 19.4 Å². The van der Waals surface area contributed by atoms with E-state index in [4.69, 9.17) is 5.11 Å². The van der Waals surface area contributed by atoms with Crippen LogP contribution in [-0.2, 0) is 9.59 Å². The third-order valence-electron chi connectivity index (χ3n) is 2.69. The molecule has 1 amide bonds. The second kappa shape index (κ2) is 6.31. The number of hydrogen-bond acceptors (Lipinski definition) is 5. The molecule has 0 saturated heterocycles. The summed E-state index contributed by atoms with van der Waals surface area (Å²) in [6, 6.07) is 0.734. The highest BCUT2D eigenvalue weighted by molar-refractivity contribution is 5.86. The number of nitrogens with zero attached hydrogens (tertiary/aromatic N) is 3. The molecule has 0 bridgehead atoms. The fourth-order valence-corrected chi connectivity index (χ4v) is 1.63. The zero-order valence-electron chi connectivity index (χ0n) is 12.1. The molecule has 0 saturated carbocycles. The Morgan fingerprint density at radius 1 is 1.35 bits per heavy atom. The van der Waals surface area contributed by atoms with Gasteiger partial charge in [0.25, 0.3) is 0 Å². The van der Waals surface area contributed by atoms with Gasteiger partial charge in [0.2, 0.25) is 11.9 Å². The van der Waals surface area contributed by atoms with Crippen LogP contribution in [0.3, 0.4) is 0 Å². The topological polar surface area (TPSA) is 95.4 Å². The smallest absolute Gasteiger partial charge is 0.326 e. The number of likely N-dealkylation sites (N-methyl/N-ethyl adjacent to an activating group) is 1. The minimum atomic E-state index is -1.05. The lowest BCUT2D eigenvalue weighted by atomic mass is 9.87. The highest BCUT2D eigenvalue weighted by atomic mass is 16.4. The van der Waals surface area contributed by atoms with E-state index in [1.165, 1.54) is 0 Å². The maximum absolute atomic E-state index is 11.9. The minimum absolute atomic E-state index is 0.0100. The van der Waals surface area contributed by atoms with Gasteiger partial charge in [0.05, 0.1) is 6.54 Å². The molecule has 0 unspecified atom stereocenters. The van der Waals surface area contributed by atoms with Crippen LogP contribution in [0.2, 0.25) is 0 Å². The molecule has 7 heteroatoms. The summed E-state index contributed by atoms with van der Waals surface area (Å²) in [7, 11) is 1.67. The third kappa shape index (κ3) is 4.49. The van der Waals surface area contributed by atoms with E-state index in [0.29, 0.717) is 5.95 Å². The van der Waals surface area contributed by atoms with Crippen molar-refractivity contribution in [2.45, 2.75) is 26.8 Å². The number of aromatic nitrogens is 2. The molecule has 1 heterocycles. The number of carbonyl (C=O) groups excluding carboxylic acids is 1. The fourth-order valence-electron chi connectivity index (χ4n) is 1.63. The number of hydrogen-bond donors (Lipinski definition) is 2. The monoisotopic (exact) mass is 280 g/mol. The molecule has 1 aromatic heterocycles. The van der Waals surface area contributed by atoms with Crippen molar-refractivity contribution < 1.29 is 14.7 Å². The lowest BCUT2D eigenvalue weighted by Crippen LogP contribution is -2.51. The highest BCUT2D eigenvalue weighted by Crippen LogP contribution is 2.19. The summed E-state index contributed by atoms with van der Waals surface area (Å²) in [6.07, 6.45) is 3.15. The maximum Gasteiger partial charge on any atom is 0.326 e. The molecule has 0 aliphatic rings. The molecular formula is C13H20N4O3. The lowest BCUT2D eigenvalue weighted by molar-refractivity contribution is -0.144. The molecule has 0 aromatic carbocycles. The Hall–Kier alpha value is -2.18. The molecule has 0 aliphatic carbocycles. The molecule has 1 atom stereocenters. The van der Waals surface area contributed by atoms with Gasteiger partial charge in [-0.05, 0) is 11.5 Å². The van der Waals surface area contributed by atoms with Gasteiger partial charge in [-0.3, -0.25) is 4.79 Å². The van der Waals surface area contributed by atoms with Crippen molar-refractivity contribution in [3.05, 3.63) is 18.5 Å². The van der Waals surface area contributed by atoms with Crippen molar-refractivity contribution >= 4 is 17.8 Å². The Bertz CT molecular complexity index is 470. The van der Waals surface area contributed by atoms with Gasteiger partial charge in [0.1, 0.15) is 6.04 Å². The summed E-state index contributed by atoms with van der Waals surface area (Å²) in [5, 5.41) is 11.7. The molecule has 7 nitrogen and oxygen atoms in total. The maximum atomic E-state index is 11.9. The van der Waals surface area contributed by atoms with Crippen molar-refractivity contribution in [3.63, 3.8) is 0 Å². The summed E-state index contributed by atoms with van der Waals surface area (Å²) >= 11 is 0. The van der Waals surface area contributed by atoms with E-state index in [0.717, 1.165) is 0 Å². The van der Waals surface area contributed by atoms with Crippen molar-refractivity contribution in [2.24, 2.45) is 5.41 Å². The van der Waals surface area contributed by atoms with Crippen molar-refractivity contribution in [1.82, 2.24) is 15.3 Å². The quantitative estimate of drug-likeness (QED) is 0.816. The second-order valence-electron chi connectivity index (χ2n) is 5.61. The van der Waals surface area contributed by atoms with Gasteiger partial charge in [-0.25, -0.2) is 14.8 Å². The molecule has 110 valence electrons. The molecule has 0 radical (unpaired) electrons. The van der Waals surface area contributed by atoms with Crippen LogP contribution >= 0.6 is 0 Å².